The number of halogens is 2. The van der Waals surface area contributed by atoms with Crippen LogP contribution < -0.4 is 0 Å². The van der Waals surface area contributed by atoms with Crippen LogP contribution >= 0.6 is 35.3 Å². The number of carboxylic acids is 1. The van der Waals surface area contributed by atoms with Gasteiger partial charge < -0.3 is 5.11 Å². The number of carbonyl (C=O) groups is 2. The van der Waals surface area contributed by atoms with Gasteiger partial charge in [0.2, 0.25) is 0 Å². The maximum atomic E-state index is 13.4. The van der Waals surface area contributed by atoms with Crippen LogP contribution in [0.5, 0.6) is 0 Å². The first-order valence-electron chi connectivity index (χ1n) is 8.73. The largest absolute Gasteiger partial charge is 0.481 e. The summed E-state index contributed by atoms with van der Waals surface area (Å²) in [5.41, 5.74) is 0.461. The van der Waals surface area contributed by atoms with Crippen LogP contribution in [0, 0.1) is 11.6 Å². The van der Waals surface area contributed by atoms with Gasteiger partial charge in [0.05, 0.1) is 4.91 Å². The maximum absolute atomic E-state index is 13.4. The molecular formula is C19H16F2N2O3S3. The van der Waals surface area contributed by atoms with Crippen molar-refractivity contribution in [2.24, 2.45) is 0 Å². The molecule has 1 aliphatic rings. The molecule has 0 bridgehead atoms. The summed E-state index contributed by atoms with van der Waals surface area (Å²) in [6.07, 6.45) is 5.31. The summed E-state index contributed by atoms with van der Waals surface area (Å²) < 4.78 is 27.0. The molecule has 0 aliphatic carbocycles. The molecule has 10 heteroatoms. The monoisotopic (exact) mass is 454 g/mol. The zero-order chi connectivity index (χ0) is 21.0. The van der Waals surface area contributed by atoms with Crippen LogP contribution in [0.1, 0.15) is 30.6 Å². The number of carbonyl (C=O) groups excluding carboxylic acids is 1. The lowest BCUT2D eigenvalue weighted by Crippen LogP contribution is -2.29. The van der Waals surface area contributed by atoms with E-state index in [-0.39, 0.29) is 12.3 Å². The minimum Gasteiger partial charge on any atom is -0.481 e. The van der Waals surface area contributed by atoms with Crippen molar-refractivity contribution in [2.45, 2.75) is 25.7 Å². The minimum atomic E-state index is -0.941. The number of thiazole rings is 1. The first-order valence-corrected chi connectivity index (χ1v) is 10.8. The van der Waals surface area contributed by atoms with E-state index >= 15 is 0 Å². The molecule has 2 aromatic rings. The predicted molar refractivity (Wildman–Crippen MR) is 113 cm³/mol. The molecule has 152 valence electrons. The topological polar surface area (TPSA) is 70.5 Å². The fourth-order valence-electron chi connectivity index (χ4n) is 2.66. The van der Waals surface area contributed by atoms with Gasteiger partial charge in [-0.3, -0.25) is 14.5 Å². The van der Waals surface area contributed by atoms with Gasteiger partial charge in [0.1, 0.15) is 9.33 Å². The Morgan fingerprint density at radius 1 is 1.24 bits per heavy atom. The molecule has 1 amide bonds. The molecule has 1 saturated heterocycles. The van der Waals surface area contributed by atoms with Crippen molar-refractivity contribution < 1.29 is 23.5 Å². The fourth-order valence-corrected chi connectivity index (χ4v) is 4.89. The zero-order valence-corrected chi connectivity index (χ0v) is 17.5. The zero-order valence-electron chi connectivity index (χ0n) is 15.1. The van der Waals surface area contributed by atoms with Crippen LogP contribution in [0.4, 0.5) is 8.78 Å². The molecule has 0 spiro atoms. The molecule has 1 N–H and O–H groups in total. The minimum absolute atomic E-state index is 0.115. The molecule has 3 rings (SSSR count). The third-order valence-electron chi connectivity index (χ3n) is 4.11. The lowest BCUT2D eigenvalue weighted by atomic mass is 10.2. The van der Waals surface area contributed by atoms with Crippen LogP contribution in [0.3, 0.4) is 0 Å². The number of unbranched alkanes of at least 4 members (excludes halogenated alkanes) is 2. The molecule has 0 unspecified atom stereocenters. The second-order valence-corrected chi connectivity index (χ2v) is 8.97. The third kappa shape index (κ3) is 5.46. The van der Waals surface area contributed by atoms with Gasteiger partial charge in [-0.1, -0.05) is 30.4 Å². The van der Waals surface area contributed by atoms with Crippen molar-refractivity contribution in [3.05, 3.63) is 45.8 Å². The molecule has 0 saturated carbocycles. The highest BCUT2D eigenvalue weighted by atomic mass is 32.2. The molecule has 1 aliphatic heterocycles. The van der Waals surface area contributed by atoms with E-state index in [0.717, 1.165) is 12.1 Å². The van der Waals surface area contributed by atoms with Crippen LogP contribution in [-0.4, -0.2) is 37.7 Å². The Labute approximate surface area is 179 Å². The van der Waals surface area contributed by atoms with Crippen molar-refractivity contribution >= 4 is 57.6 Å². The Morgan fingerprint density at radius 2 is 2.03 bits per heavy atom. The van der Waals surface area contributed by atoms with E-state index in [0.29, 0.717) is 50.5 Å². The lowest BCUT2D eigenvalue weighted by molar-refractivity contribution is -0.137. The third-order valence-corrected chi connectivity index (χ3v) is 6.48. The molecule has 1 fully saturated rings. The van der Waals surface area contributed by atoms with Crippen LogP contribution in [0.2, 0.25) is 0 Å². The van der Waals surface area contributed by atoms with Gasteiger partial charge in [-0.25, -0.2) is 13.8 Å². The average Bonchev–Trinajstić information content (AvgIpc) is 3.23. The quantitative estimate of drug-likeness (QED) is 0.346. The number of thiocarbonyl (C=S) groups is 1. The summed E-state index contributed by atoms with van der Waals surface area (Å²) in [5, 5.41) is 9.17. The summed E-state index contributed by atoms with van der Waals surface area (Å²) >= 11 is 7.74. The molecule has 5 nitrogen and oxygen atoms in total. The van der Waals surface area contributed by atoms with Gasteiger partial charge in [-0.15, -0.1) is 11.3 Å². The molecular weight excluding hydrogens is 438 g/mol. The Morgan fingerprint density at radius 3 is 2.76 bits per heavy atom. The smallest absolute Gasteiger partial charge is 0.303 e. The van der Waals surface area contributed by atoms with Crippen LogP contribution in [0.15, 0.2) is 29.3 Å². The summed E-state index contributed by atoms with van der Waals surface area (Å²) in [4.78, 5) is 30.0. The summed E-state index contributed by atoms with van der Waals surface area (Å²) in [6.45, 7) is 0.449. The summed E-state index contributed by atoms with van der Waals surface area (Å²) in [7, 11) is 0. The SMILES string of the molecule is O=C(O)CCCCCN1C(=O)C(=Cc2cnc(-c3ccc(F)c(F)c3)s2)SC1=S. The van der Waals surface area contributed by atoms with Crippen molar-refractivity contribution in [3.63, 3.8) is 0 Å². The van der Waals surface area contributed by atoms with Crippen LogP contribution in [-0.2, 0) is 9.59 Å². The van der Waals surface area contributed by atoms with Gasteiger partial charge in [0.25, 0.3) is 5.91 Å². The molecule has 0 atom stereocenters. The van der Waals surface area contributed by atoms with E-state index in [4.69, 9.17) is 17.3 Å². The standard InChI is InChI=1S/C19H16F2N2O3S3/c20-13-6-5-11(8-14(13)21)17-22-10-12(28-17)9-15-18(26)23(19(27)29-15)7-3-1-2-4-16(24)25/h5-6,8-10H,1-4,7H2,(H,24,25). The van der Waals surface area contributed by atoms with Crippen LogP contribution in [0.25, 0.3) is 16.6 Å². The number of amides is 1. The molecule has 2 heterocycles. The first-order chi connectivity index (χ1) is 13.8. The maximum Gasteiger partial charge on any atom is 0.303 e. The van der Waals surface area contributed by atoms with E-state index < -0.39 is 17.6 Å². The number of aliphatic carboxylic acids is 1. The Hall–Kier alpha value is -2.17. The second-order valence-electron chi connectivity index (χ2n) is 6.23. The van der Waals surface area contributed by atoms with E-state index in [2.05, 4.69) is 4.98 Å². The number of benzene rings is 1. The van der Waals surface area contributed by atoms with E-state index in [1.165, 1.54) is 34.1 Å². The lowest BCUT2D eigenvalue weighted by Gasteiger charge is -2.13. The van der Waals surface area contributed by atoms with Gasteiger partial charge >= 0.3 is 5.97 Å². The van der Waals surface area contributed by atoms with Gasteiger partial charge in [0.15, 0.2) is 11.6 Å². The number of aromatic nitrogens is 1. The van der Waals surface area contributed by atoms with Crippen molar-refractivity contribution in [1.29, 1.82) is 0 Å². The van der Waals surface area contributed by atoms with E-state index in [1.54, 1.807) is 12.3 Å². The van der Waals surface area contributed by atoms with Crippen molar-refractivity contribution in [3.8, 4) is 10.6 Å². The van der Waals surface area contributed by atoms with E-state index in [9.17, 15) is 18.4 Å². The van der Waals surface area contributed by atoms with Gasteiger partial charge in [0, 0.05) is 29.6 Å². The number of rotatable bonds is 8. The first kappa shape index (κ1) is 21.5. The molecule has 0 radical (unpaired) electrons. The van der Waals surface area contributed by atoms with Crippen molar-refractivity contribution in [1.82, 2.24) is 9.88 Å². The fraction of sp³-hybridized carbons (Fsp3) is 0.263. The number of hydrogen-bond acceptors (Lipinski definition) is 6. The number of carboxylic acid groups (broad SMARTS) is 1. The molecule has 1 aromatic heterocycles. The normalized spacial score (nSPS) is 15.5. The summed E-state index contributed by atoms with van der Waals surface area (Å²) in [5.74, 6) is -2.88. The van der Waals surface area contributed by atoms with Gasteiger partial charge in [-0.2, -0.15) is 0 Å². The number of nitrogens with zero attached hydrogens (tertiary/aromatic N) is 2. The van der Waals surface area contributed by atoms with E-state index in [1.807, 2.05) is 0 Å². The Bertz CT molecular complexity index is 991. The number of hydrogen-bond donors (Lipinski definition) is 1. The average molecular weight is 455 g/mol. The second kappa shape index (κ2) is 9.55. The highest BCUT2D eigenvalue weighted by Gasteiger charge is 2.31. The highest BCUT2D eigenvalue weighted by molar-refractivity contribution is 8.26. The van der Waals surface area contributed by atoms with Gasteiger partial charge in [-0.05, 0) is 37.1 Å². The Kier molecular flexibility index (Phi) is 7.09. The Balaban J connectivity index is 1.64. The highest BCUT2D eigenvalue weighted by Crippen LogP contribution is 2.35. The molecule has 29 heavy (non-hydrogen) atoms. The molecule has 1 aromatic carbocycles. The summed E-state index contributed by atoms with van der Waals surface area (Å²) in [6, 6.07) is 3.58. The van der Waals surface area contributed by atoms with Crippen molar-refractivity contribution in [2.75, 3.05) is 6.54 Å². The predicted octanol–water partition coefficient (Wildman–Crippen LogP) is 4.93. The number of thioether (sulfide) groups is 1.